The average molecular weight is 134 g/mol. The molecular formula is C5H14N2O2. The third-order valence-corrected chi connectivity index (χ3v) is 1.18. The summed E-state index contributed by atoms with van der Waals surface area (Å²) >= 11 is 0. The molecule has 0 bridgehead atoms. The molecule has 0 aliphatic carbocycles. The van der Waals surface area contributed by atoms with Crippen molar-refractivity contribution in [1.29, 1.82) is 0 Å². The van der Waals surface area contributed by atoms with Crippen molar-refractivity contribution in [3.05, 3.63) is 0 Å². The summed E-state index contributed by atoms with van der Waals surface area (Å²) in [7, 11) is 4.90. The molecule has 2 N–H and O–H groups in total. The van der Waals surface area contributed by atoms with Gasteiger partial charge in [0.05, 0.1) is 7.11 Å². The Morgan fingerprint density at radius 1 is 1.33 bits per heavy atom. The number of rotatable bonds is 4. The lowest BCUT2D eigenvalue weighted by Gasteiger charge is -2.26. The molecule has 0 heterocycles. The topological polar surface area (TPSA) is 42.5 Å². The average Bonchev–Trinajstić information content (AvgIpc) is 1.89. The van der Waals surface area contributed by atoms with E-state index in [2.05, 4.69) is 15.6 Å². The molecule has 0 saturated heterocycles. The molecule has 0 rings (SSSR count). The minimum absolute atomic E-state index is 0.589. The molecule has 4 heteroatoms. The normalized spacial score (nSPS) is 17.3. The van der Waals surface area contributed by atoms with E-state index in [4.69, 9.17) is 4.74 Å². The van der Waals surface area contributed by atoms with Gasteiger partial charge in [-0.25, -0.2) is 0 Å². The maximum Gasteiger partial charge on any atom is 0.192 e. The second kappa shape index (κ2) is 3.79. The van der Waals surface area contributed by atoms with Crippen molar-refractivity contribution in [1.82, 2.24) is 10.8 Å². The lowest BCUT2D eigenvalue weighted by Crippen LogP contribution is -2.53. The maximum atomic E-state index is 4.98. The molecular weight excluding hydrogens is 120 g/mol. The third-order valence-electron chi connectivity index (χ3n) is 1.18. The Hall–Kier alpha value is -0.160. The Bertz CT molecular complexity index is 73.4. The quantitative estimate of drug-likeness (QED) is 0.408. The van der Waals surface area contributed by atoms with Gasteiger partial charge < -0.3 is 9.57 Å². The van der Waals surface area contributed by atoms with Crippen molar-refractivity contribution in [2.75, 3.05) is 21.3 Å². The van der Waals surface area contributed by atoms with Crippen LogP contribution in [0.3, 0.4) is 0 Å². The van der Waals surface area contributed by atoms with Gasteiger partial charge in [0.25, 0.3) is 0 Å². The summed E-state index contributed by atoms with van der Waals surface area (Å²) in [5.74, 6) is -0.589. The zero-order valence-electron chi connectivity index (χ0n) is 6.32. The summed E-state index contributed by atoms with van der Waals surface area (Å²) in [4.78, 5) is 4.65. The smallest absolute Gasteiger partial charge is 0.192 e. The predicted octanol–water partition coefficient (Wildman–Crippen LogP) is -0.323. The van der Waals surface area contributed by atoms with Gasteiger partial charge in [0.1, 0.15) is 0 Å². The first kappa shape index (κ1) is 8.84. The van der Waals surface area contributed by atoms with Crippen LogP contribution in [0.4, 0.5) is 0 Å². The Morgan fingerprint density at radius 2 is 1.89 bits per heavy atom. The molecule has 0 aliphatic heterocycles. The molecule has 0 aromatic heterocycles. The highest BCUT2D eigenvalue weighted by molar-refractivity contribution is 4.58. The zero-order chi connectivity index (χ0) is 7.33. The summed E-state index contributed by atoms with van der Waals surface area (Å²) in [5.41, 5.74) is 2.62. The van der Waals surface area contributed by atoms with Crippen LogP contribution in [0.25, 0.3) is 0 Å². The summed E-state index contributed by atoms with van der Waals surface area (Å²) in [5, 5.41) is 2.87. The van der Waals surface area contributed by atoms with E-state index >= 15 is 0 Å². The minimum Gasteiger partial charge on any atom is -0.349 e. The Morgan fingerprint density at radius 3 is 2.00 bits per heavy atom. The van der Waals surface area contributed by atoms with E-state index in [9.17, 15) is 0 Å². The lowest BCUT2D eigenvalue weighted by molar-refractivity contribution is -0.140. The molecule has 4 nitrogen and oxygen atoms in total. The molecule has 0 aromatic rings. The highest BCUT2D eigenvalue weighted by atomic mass is 16.7. The van der Waals surface area contributed by atoms with Gasteiger partial charge in [-0.05, 0) is 14.0 Å². The van der Waals surface area contributed by atoms with E-state index in [-0.39, 0.29) is 0 Å². The van der Waals surface area contributed by atoms with E-state index in [0.717, 1.165) is 0 Å². The Kier molecular flexibility index (Phi) is 3.72. The summed E-state index contributed by atoms with van der Waals surface area (Å²) < 4.78 is 4.98. The van der Waals surface area contributed by atoms with E-state index in [0.29, 0.717) is 0 Å². The number of nitrogens with one attached hydrogen (secondary N) is 2. The second-order valence-corrected chi connectivity index (χ2v) is 1.79. The van der Waals surface area contributed by atoms with Gasteiger partial charge >= 0.3 is 0 Å². The maximum absolute atomic E-state index is 4.98. The fourth-order valence-electron chi connectivity index (χ4n) is 0.390. The number of ether oxygens (including phenoxy) is 1. The van der Waals surface area contributed by atoms with Crippen LogP contribution in [0.5, 0.6) is 0 Å². The van der Waals surface area contributed by atoms with Gasteiger partial charge in [0.2, 0.25) is 0 Å². The molecule has 56 valence electrons. The second-order valence-electron chi connectivity index (χ2n) is 1.79. The minimum atomic E-state index is -0.589. The van der Waals surface area contributed by atoms with Crippen LogP contribution in [-0.4, -0.2) is 27.1 Å². The van der Waals surface area contributed by atoms with E-state index in [1.165, 1.54) is 7.11 Å². The van der Waals surface area contributed by atoms with Crippen LogP contribution in [0.1, 0.15) is 6.92 Å². The van der Waals surface area contributed by atoms with Crippen molar-refractivity contribution >= 4 is 0 Å². The van der Waals surface area contributed by atoms with E-state index in [1.54, 1.807) is 14.2 Å². The largest absolute Gasteiger partial charge is 0.349 e. The fourth-order valence-corrected chi connectivity index (χ4v) is 0.390. The molecule has 0 radical (unpaired) electrons. The third kappa shape index (κ3) is 2.76. The van der Waals surface area contributed by atoms with Gasteiger partial charge in [-0.3, -0.25) is 5.32 Å². The van der Waals surface area contributed by atoms with Crippen molar-refractivity contribution in [2.45, 2.75) is 12.8 Å². The van der Waals surface area contributed by atoms with Crippen LogP contribution >= 0.6 is 0 Å². The number of hydroxylamine groups is 1. The zero-order valence-corrected chi connectivity index (χ0v) is 6.32. The number of hydrogen-bond acceptors (Lipinski definition) is 4. The van der Waals surface area contributed by atoms with Crippen molar-refractivity contribution in [3.63, 3.8) is 0 Å². The van der Waals surface area contributed by atoms with E-state index in [1.807, 2.05) is 6.92 Å². The molecule has 0 spiro atoms. The van der Waals surface area contributed by atoms with Gasteiger partial charge in [0.15, 0.2) is 5.85 Å². The van der Waals surface area contributed by atoms with Gasteiger partial charge in [-0.1, -0.05) is 0 Å². The Balaban J connectivity index is 3.62. The molecule has 0 fully saturated rings. The first-order chi connectivity index (χ1) is 4.18. The molecule has 1 unspecified atom stereocenters. The van der Waals surface area contributed by atoms with Crippen LogP contribution in [0, 0.1) is 0 Å². The summed E-state index contributed by atoms with van der Waals surface area (Å²) in [6, 6.07) is 0. The number of hydrogen-bond donors (Lipinski definition) is 2. The van der Waals surface area contributed by atoms with Crippen LogP contribution < -0.4 is 10.8 Å². The van der Waals surface area contributed by atoms with Crippen LogP contribution in [0.15, 0.2) is 0 Å². The summed E-state index contributed by atoms with van der Waals surface area (Å²) in [6.45, 7) is 1.82. The monoisotopic (exact) mass is 134 g/mol. The van der Waals surface area contributed by atoms with Gasteiger partial charge in [0, 0.05) is 7.11 Å². The van der Waals surface area contributed by atoms with Crippen molar-refractivity contribution < 1.29 is 9.57 Å². The molecule has 1 atom stereocenters. The molecule has 0 aromatic carbocycles. The predicted molar refractivity (Wildman–Crippen MR) is 34.6 cm³/mol. The van der Waals surface area contributed by atoms with Gasteiger partial charge in [-0.15, -0.1) is 0 Å². The fraction of sp³-hybridized carbons (Fsp3) is 1.00. The Labute approximate surface area is 55.5 Å². The molecule has 9 heavy (non-hydrogen) atoms. The van der Waals surface area contributed by atoms with E-state index < -0.39 is 5.85 Å². The molecule has 0 saturated carbocycles. The highest BCUT2D eigenvalue weighted by Crippen LogP contribution is 1.95. The summed E-state index contributed by atoms with van der Waals surface area (Å²) in [6.07, 6.45) is 0. The standard InChI is InChI=1S/C5H14N2O2/c1-5(6-2,8-3)7-9-4/h6-7H,1-4H3. The lowest BCUT2D eigenvalue weighted by atomic mass is 10.5. The molecule has 0 amide bonds. The van der Waals surface area contributed by atoms with Crippen LogP contribution in [0.2, 0.25) is 0 Å². The van der Waals surface area contributed by atoms with Crippen LogP contribution in [-0.2, 0) is 9.57 Å². The first-order valence-corrected chi connectivity index (χ1v) is 2.72. The SMILES string of the molecule is CNC(C)(NOC)OC. The number of methoxy groups -OCH3 is 1. The first-order valence-electron chi connectivity index (χ1n) is 2.72. The highest BCUT2D eigenvalue weighted by Gasteiger charge is 2.18. The van der Waals surface area contributed by atoms with Crippen molar-refractivity contribution in [2.24, 2.45) is 0 Å². The van der Waals surface area contributed by atoms with Gasteiger partial charge in [-0.2, -0.15) is 5.48 Å². The van der Waals surface area contributed by atoms with Crippen molar-refractivity contribution in [3.8, 4) is 0 Å². The molecule has 0 aliphatic rings.